The zero-order valence-electron chi connectivity index (χ0n) is 41.1. The standard InChI is InChI=1S/C31H32N2O4.C28H25FN2O3/c1-6-17-37-25-14-15-27-26(19-25)30(24-12-10-23(11-13-24)21(4)5)32-31(34)33(27)20-22-9-16-28(35-7-2)29(18-22)36-8-3;1-5-14-34-22-11-12-25-23(16-22)27(21-9-7-20(8-10-21)18(2)3)30-28(32)31(25)17-19-6-13-26(33-4)24(29)15-19/h1,9-16,18-19,21H,7-8,17,20H2,2-5H3;1,6-13,15-16,18H,14,17H2,2-4H3. The van der Waals surface area contributed by atoms with Crippen LogP contribution in [0.5, 0.6) is 28.7 Å². The first-order valence-electron chi connectivity index (χ1n) is 23.5. The number of rotatable bonds is 17. The quantitative estimate of drug-likeness (QED) is 0.0823. The Morgan fingerprint density at radius 2 is 0.986 bits per heavy atom. The Morgan fingerprint density at radius 3 is 1.39 bits per heavy atom. The molecule has 71 heavy (non-hydrogen) atoms. The van der Waals surface area contributed by atoms with Gasteiger partial charge in [0, 0.05) is 21.9 Å². The van der Waals surface area contributed by atoms with E-state index in [2.05, 4.69) is 61.6 Å². The zero-order chi connectivity index (χ0) is 50.6. The third-order valence-electron chi connectivity index (χ3n) is 11.8. The van der Waals surface area contributed by atoms with E-state index >= 15 is 0 Å². The summed E-state index contributed by atoms with van der Waals surface area (Å²) in [7, 11) is 1.41. The summed E-state index contributed by atoms with van der Waals surface area (Å²) in [5, 5.41) is 1.54. The van der Waals surface area contributed by atoms with Crippen LogP contribution < -0.4 is 35.1 Å². The van der Waals surface area contributed by atoms with Gasteiger partial charge in [0.05, 0.1) is 55.8 Å². The first-order chi connectivity index (χ1) is 34.3. The van der Waals surface area contributed by atoms with Gasteiger partial charge in [-0.05, 0) is 109 Å². The number of ether oxygens (including phenoxy) is 5. The van der Waals surface area contributed by atoms with Gasteiger partial charge in [0.15, 0.2) is 23.1 Å². The molecule has 0 spiro atoms. The number of hydrogen-bond donors (Lipinski definition) is 0. The molecule has 0 bridgehead atoms. The molecule has 0 saturated heterocycles. The molecule has 0 aliphatic rings. The molecule has 362 valence electrons. The maximum atomic E-state index is 14.3. The van der Waals surface area contributed by atoms with E-state index in [1.54, 1.807) is 28.8 Å². The molecule has 2 aromatic heterocycles. The minimum atomic E-state index is -0.489. The Labute approximate surface area is 413 Å². The maximum Gasteiger partial charge on any atom is 0.348 e. The van der Waals surface area contributed by atoms with Crippen LogP contribution in [0.15, 0.2) is 131 Å². The molecule has 0 fully saturated rings. The van der Waals surface area contributed by atoms with Gasteiger partial charge in [-0.1, -0.05) is 100 Å². The fourth-order valence-electron chi connectivity index (χ4n) is 8.11. The van der Waals surface area contributed by atoms with Crippen molar-refractivity contribution >= 4 is 21.8 Å². The summed E-state index contributed by atoms with van der Waals surface area (Å²) in [6, 6.07) is 37.5. The smallest absolute Gasteiger partial charge is 0.348 e. The van der Waals surface area contributed by atoms with E-state index in [1.807, 2.05) is 92.7 Å². The minimum Gasteiger partial charge on any atom is -0.494 e. The van der Waals surface area contributed by atoms with Crippen LogP contribution in [0.25, 0.3) is 44.3 Å². The zero-order valence-corrected chi connectivity index (χ0v) is 41.1. The van der Waals surface area contributed by atoms with Crippen molar-refractivity contribution in [1.82, 2.24) is 19.1 Å². The summed E-state index contributed by atoms with van der Waals surface area (Å²) in [5.74, 6) is 7.94. The van der Waals surface area contributed by atoms with E-state index in [1.165, 1.54) is 28.9 Å². The predicted molar refractivity (Wildman–Crippen MR) is 280 cm³/mol. The van der Waals surface area contributed by atoms with Crippen LogP contribution in [0.4, 0.5) is 4.39 Å². The molecule has 8 aromatic rings. The van der Waals surface area contributed by atoms with E-state index in [9.17, 15) is 14.0 Å². The van der Waals surface area contributed by atoms with Gasteiger partial charge in [0.2, 0.25) is 0 Å². The molecule has 0 N–H and O–H groups in total. The van der Waals surface area contributed by atoms with Crippen molar-refractivity contribution in [3.63, 3.8) is 0 Å². The van der Waals surface area contributed by atoms with Gasteiger partial charge in [-0.2, -0.15) is 9.97 Å². The van der Waals surface area contributed by atoms with Gasteiger partial charge in [0.25, 0.3) is 0 Å². The second kappa shape index (κ2) is 23.3. The van der Waals surface area contributed by atoms with E-state index in [4.69, 9.17) is 36.5 Å². The fraction of sp³-hybridized carbons (Fsp3) is 0.254. The van der Waals surface area contributed by atoms with Crippen molar-refractivity contribution in [3.05, 3.63) is 170 Å². The van der Waals surface area contributed by atoms with Crippen LogP contribution in [0.3, 0.4) is 0 Å². The highest BCUT2D eigenvalue weighted by Gasteiger charge is 2.18. The van der Waals surface area contributed by atoms with Crippen LogP contribution in [-0.4, -0.2) is 52.6 Å². The number of hydrogen-bond acceptors (Lipinski definition) is 9. The highest BCUT2D eigenvalue weighted by Crippen LogP contribution is 2.34. The molecule has 6 aromatic carbocycles. The van der Waals surface area contributed by atoms with Crippen molar-refractivity contribution in [2.24, 2.45) is 0 Å². The summed E-state index contributed by atoms with van der Waals surface area (Å²) in [4.78, 5) is 35.5. The topological polar surface area (TPSA) is 116 Å². The average Bonchev–Trinajstić information content (AvgIpc) is 3.37. The van der Waals surface area contributed by atoms with Gasteiger partial charge in [-0.15, -0.1) is 12.8 Å². The second-order valence-electron chi connectivity index (χ2n) is 17.2. The summed E-state index contributed by atoms with van der Waals surface area (Å²) >= 11 is 0. The van der Waals surface area contributed by atoms with Crippen LogP contribution in [0, 0.1) is 30.5 Å². The molecule has 8 rings (SSSR count). The van der Waals surface area contributed by atoms with Gasteiger partial charge in [0.1, 0.15) is 24.7 Å². The lowest BCUT2D eigenvalue weighted by Crippen LogP contribution is -2.24. The Bertz CT molecular complexity index is 3370. The summed E-state index contributed by atoms with van der Waals surface area (Å²) in [6.07, 6.45) is 10.7. The number of aromatic nitrogens is 4. The number of terminal acetylenes is 2. The Hall–Kier alpha value is -8.35. The lowest BCUT2D eigenvalue weighted by molar-refractivity contribution is 0.287. The molecule has 0 amide bonds. The maximum absolute atomic E-state index is 14.3. The van der Waals surface area contributed by atoms with Gasteiger partial charge in [-0.25, -0.2) is 14.0 Å². The van der Waals surface area contributed by atoms with E-state index in [0.717, 1.165) is 33.0 Å². The largest absolute Gasteiger partial charge is 0.494 e. The molecule has 0 aliphatic carbocycles. The number of benzene rings is 6. The summed E-state index contributed by atoms with van der Waals surface area (Å²) in [6.45, 7) is 14.2. The summed E-state index contributed by atoms with van der Waals surface area (Å²) < 4.78 is 45.2. The molecular formula is C59H57FN4O7. The highest BCUT2D eigenvalue weighted by atomic mass is 19.1. The van der Waals surface area contributed by atoms with Crippen molar-refractivity contribution < 1.29 is 28.1 Å². The Kier molecular flexibility index (Phi) is 16.6. The van der Waals surface area contributed by atoms with Gasteiger partial charge < -0.3 is 23.7 Å². The third kappa shape index (κ3) is 11.9. The molecule has 12 heteroatoms. The molecular weight excluding hydrogens is 896 g/mol. The van der Waals surface area contributed by atoms with E-state index < -0.39 is 11.5 Å². The lowest BCUT2D eigenvalue weighted by Gasteiger charge is -2.16. The molecule has 11 nitrogen and oxygen atoms in total. The Morgan fingerprint density at radius 1 is 0.549 bits per heavy atom. The monoisotopic (exact) mass is 952 g/mol. The summed E-state index contributed by atoms with van der Waals surface area (Å²) in [5.41, 5.74) is 7.44. The molecule has 0 atom stereocenters. The predicted octanol–water partition coefficient (Wildman–Crippen LogP) is 11.4. The fourth-order valence-corrected chi connectivity index (χ4v) is 8.11. The normalized spacial score (nSPS) is 10.9. The number of nitrogens with zero attached hydrogens (tertiary/aromatic N) is 4. The van der Waals surface area contributed by atoms with Gasteiger partial charge >= 0.3 is 11.4 Å². The number of halogens is 1. The van der Waals surface area contributed by atoms with Crippen molar-refractivity contribution in [3.8, 4) is 75.9 Å². The molecule has 2 heterocycles. The first-order valence-corrected chi connectivity index (χ1v) is 23.5. The van der Waals surface area contributed by atoms with Crippen molar-refractivity contribution in [1.29, 1.82) is 0 Å². The minimum absolute atomic E-state index is 0.127. The van der Waals surface area contributed by atoms with Crippen molar-refractivity contribution in [2.75, 3.05) is 33.5 Å². The lowest BCUT2D eigenvalue weighted by atomic mass is 9.99. The highest BCUT2D eigenvalue weighted by molar-refractivity contribution is 5.94. The SMILES string of the molecule is C#CCOc1ccc2c(c1)c(-c1ccc(C(C)C)cc1)nc(=O)n2Cc1ccc(OC)c(F)c1.C#CCOc1ccc2c(c1)c(-c1ccc(C(C)C)cc1)nc(=O)n2Cc1ccc(OCC)c(OCC)c1. The Balaban J connectivity index is 0.000000209. The molecule has 0 aliphatic heterocycles. The van der Waals surface area contributed by atoms with Gasteiger partial charge in [-0.3, -0.25) is 9.13 Å². The first kappa shape index (κ1) is 50.5. The number of methoxy groups -OCH3 is 1. The van der Waals surface area contributed by atoms with Crippen LogP contribution in [-0.2, 0) is 13.1 Å². The van der Waals surface area contributed by atoms with E-state index in [0.29, 0.717) is 77.1 Å². The number of fused-ring (bicyclic) bond motifs is 2. The third-order valence-corrected chi connectivity index (χ3v) is 11.8. The van der Waals surface area contributed by atoms with E-state index in [-0.39, 0.29) is 31.2 Å². The van der Waals surface area contributed by atoms with Crippen molar-refractivity contribution in [2.45, 2.75) is 66.5 Å². The van der Waals surface area contributed by atoms with Crippen LogP contribution >= 0.6 is 0 Å². The van der Waals surface area contributed by atoms with Crippen LogP contribution in [0.2, 0.25) is 0 Å². The second-order valence-corrected chi connectivity index (χ2v) is 17.2. The molecule has 0 unspecified atom stereocenters. The molecule has 0 radical (unpaired) electrons. The van der Waals surface area contributed by atoms with Crippen LogP contribution in [0.1, 0.15) is 75.6 Å². The average molecular weight is 953 g/mol. The molecule has 0 saturated carbocycles.